The fourth-order valence-electron chi connectivity index (χ4n) is 5.22. The van der Waals surface area contributed by atoms with Crippen molar-refractivity contribution < 1.29 is 30.0 Å². The van der Waals surface area contributed by atoms with Crippen LogP contribution in [0.5, 0.6) is 0 Å². The largest absolute Gasteiger partial charge is 0.512 e. The van der Waals surface area contributed by atoms with Crippen LogP contribution in [0.4, 0.5) is 0 Å². The third-order valence-corrected chi connectivity index (χ3v) is 8.07. The van der Waals surface area contributed by atoms with Gasteiger partial charge in [-0.1, -0.05) is 34.6 Å². The third-order valence-electron chi connectivity index (χ3n) is 6.92. The first kappa shape index (κ1) is 30.2. The number of thiophene rings is 1. The molecule has 0 saturated heterocycles. The SMILES string of the molecule is CC(=O)/C=C(/C)O.Cc1c[c-]c(-c2nccc3c2sc2cc4c(c(CC(C)(C)C)c23)CCCC4)cc1C.[Ir]. The van der Waals surface area contributed by atoms with Crippen LogP contribution in [-0.4, -0.2) is 15.9 Å². The molecule has 5 heteroatoms. The molecule has 3 nitrogen and oxygen atoms in total. The van der Waals surface area contributed by atoms with Crippen LogP contribution in [0, 0.1) is 25.3 Å². The second-order valence-corrected chi connectivity index (χ2v) is 12.6. The van der Waals surface area contributed by atoms with Gasteiger partial charge in [0.1, 0.15) is 0 Å². The minimum Gasteiger partial charge on any atom is -0.512 e. The molecule has 1 radical (unpaired) electrons. The van der Waals surface area contributed by atoms with Crippen molar-refractivity contribution in [3.05, 3.63) is 76.2 Å². The number of pyridine rings is 1. The Balaban J connectivity index is 0.000000444. The van der Waals surface area contributed by atoms with E-state index in [0.717, 1.165) is 17.7 Å². The first-order valence-electron chi connectivity index (χ1n) is 13.2. The van der Waals surface area contributed by atoms with Gasteiger partial charge in [-0.05, 0) is 85.6 Å². The Bertz CT molecular complexity index is 1500. The van der Waals surface area contributed by atoms with Gasteiger partial charge in [-0.15, -0.1) is 46.2 Å². The zero-order valence-corrected chi connectivity index (χ0v) is 26.8. The van der Waals surface area contributed by atoms with Crippen molar-refractivity contribution in [2.24, 2.45) is 5.41 Å². The molecule has 0 aliphatic heterocycles. The zero-order valence-electron chi connectivity index (χ0n) is 23.5. The number of hydrogen-bond donors (Lipinski definition) is 1. The number of allylic oxidation sites excluding steroid dienone is 2. The molecule has 203 valence electrons. The number of carbonyl (C=O) groups is 1. The van der Waals surface area contributed by atoms with E-state index in [1.54, 1.807) is 16.7 Å². The van der Waals surface area contributed by atoms with Crippen LogP contribution in [0.15, 0.2) is 42.3 Å². The zero-order chi connectivity index (χ0) is 26.9. The van der Waals surface area contributed by atoms with Gasteiger partial charge in [0.15, 0.2) is 5.78 Å². The minimum atomic E-state index is -0.125. The molecule has 1 aliphatic carbocycles. The van der Waals surface area contributed by atoms with Gasteiger partial charge < -0.3 is 10.1 Å². The molecule has 0 spiro atoms. The van der Waals surface area contributed by atoms with E-state index < -0.39 is 0 Å². The van der Waals surface area contributed by atoms with Crippen LogP contribution in [0.25, 0.3) is 31.4 Å². The van der Waals surface area contributed by atoms with Crippen LogP contribution in [0.1, 0.15) is 75.3 Å². The fourth-order valence-corrected chi connectivity index (χ4v) is 6.51. The molecule has 0 unspecified atom stereocenters. The van der Waals surface area contributed by atoms with Crippen molar-refractivity contribution in [3.8, 4) is 11.3 Å². The van der Waals surface area contributed by atoms with Gasteiger partial charge in [-0.25, -0.2) is 0 Å². The van der Waals surface area contributed by atoms with E-state index in [4.69, 9.17) is 10.1 Å². The second kappa shape index (κ2) is 12.2. The molecular weight excluding hydrogens is 667 g/mol. The monoisotopic (exact) mass is 705 g/mol. The number of rotatable bonds is 3. The average molecular weight is 705 g/mol. The quantitative estimate of drug-likeness (QED) is 0.132. The van der Waals surface area contributed by atoms with E-state index in [2.05, 4.69) is 65.0 Å². The van der Waals surface area contributed by atoms with Crippen molar-refractivity contribution in [2.45, 2.75) is 80.6 Å². The number of carbonyl (C=O) groups excluding carboxylic acids is 1. The molecule has 1 aliphatic rings. The molecule has 4 aromatic rings. The maximum atomic E-state index is 10.0. The summed E-state index contributed by atoms with van der Waals surface area (Å²) >= 11 is 1.92. The van der Waals surface area contributed by atoms with Crippen molar-refractivity contribution in [2.75, 3.05) is 0 Å². The van der Waals surface area contributed by atoms with E-state index >= 15 is 0 Å². The summed E-state index contributed by atoms with van der Waals surface area (Å²) < 4.78 is 2.74. The predicted molar refractivity (Wildman–Crippen MR) is 158 cm³/mol. The Morgan fingerprint density at radius 1 is 1.13 bits per heavy atom. The molecule has 0 atom stereocenters. The Morgan fingerprint density at radius 3 is 2.45 bits per heavy atom. The van der Waals surface area contributed by atoms with Crippen LogP contribution < -0.4 is 0 Å². The van der Waals surface area contributed by atoms with Crippen LogP contribution in [-0.2, 0) is 44.2 Å². The van der Waals surface area contributed by atoms with E-state index in [9.17, 15) is 4.79 Å². The number of fused-ring (bicyclic) bond motifs is 4. The molecule has 38 heavy (non-hydrogen) atoms. The number of aliphatic hydroxyl groups is 1. The Labute approximate surface area is 244 Å². The summed E-state index contributed by atoms with van der Waals surface area (Å²) in [4.78, 5) is 14.8. The number of ketones is 1. The third kappa shape index (κ3) is 6.80. The summed E-state index contributed by atoms with van der Waals surface area (Å²) in [6, 6.07) is 12.6. The summed E-state index contributed by atoms with van der Waals surface area (Å²) in [5.41, 5.74) is 9.86. The number of nitrogens with zero attached hydrogens (tertiary/aromatic N) is 1. The van der Waals surface area contributed by atoms with Gasteiger partial charge in [-0.2, -0.15) is 0 Å². The normalized spacial score (nSPS) is 13.5. The maximum absolute atomic E-state index is 10.0. The van der Waals surface area contributed by atoms with Gasteiger partial charge in [-0.3, -0.25) is 4.79 Å². The summed E-state index contributed by atoms with van der Waals surface area (Å²) in [6.45, 7) is 14.3. The topological polar surface area (TPSA) is 50.2 Å². The van der Waals surface area contributed by atoms with Gasteiger partial charge in [0.2, 0.25) is 0 Å². The average Bonchev–Trinajstić information content (AvgIpc) is 3.18. The summed E-state index contributed by atoms with van der Waals surface area (Å²) in [5.74, 6) is -0.0625. The standard InChI is InChI=1S/C28H30NS.C5H8O2.Ir/c1-17-10-11-20(14-18(17)2)26-27-22(12-13-29-26)25-23(16-28(3,4)5)21-9-7-6-8-19(21)15-24(25)30-27;1-4(6)3-5(2)7;/h10,12-15H,6-9,16H2,1-5H3;3,6H,1-2H3;/q-1;;/b;4-3-;. The van der Waals surface area contributed by atoms with Crippen molar-refractivity contribution in [1.29, 1.82) is 0 Å². The Kier molecular flexibility index (Phi) is 9.73. The Hall–Kier alpha value is -2.33. The van der Waals surface area contributed by atoms with Gasteiger partial charge in [0.05, 0.1) is 5.76 Å². The van der Waals surface area contributed by atoms with Crippen LogP contribution in [0.3, 0.4) is 0 Å². The molecule has 1 N–H and O–H groups in total. The first-order chi connectivity index (χ1) is 17.4. The number of aliphatic hydroxyl groups excluding tert-OH is 1. The second-order valence-electron chi connectivity index (χ2n) is 11.6. The van der Waals surface area contributed by atoms with Gasteiger partial charge in [0.25, 0.3) is 0 Å². The number of hydrogen-bond acceptors (Lipinski definition) is 4. The first-order valence-corrected chi connectivity index (χ1v) is 14.0. The number of aryl methyl sites for hydroxylation is 3. The molecule has 0 amide bonds. The number of aromatic nitrogens is 1. The summed E-state index contributed by atoms with van der Waals surface area (Å²) in [7, 11) is 0. The molecule has 2 aromatic carbocycles. The molecule has 0 fully saturated rings. The van der Waals surface area contributed by atoms with E-state index in [1.807, 2.05) is 17.5 Å². The Morgan fingerprint density at radius 2 is 1.84 bits per heavy atom. The molecule has 0 bridgehead atoms. The predicted octanol–water partition coefficient (Wildman–Crippen LogP) is 9.04. The molecule has 2 heterocycles. The van der Waals surface area contributed by atoms with Crippen LogP contribution >= 0.6 is 11.3 Å². The smallest absolute Gasteiger partial charge is 0.155 e. The molecule has 2 aromatic heterocycles. The van der Waals surface area contributed by atoms with Crippen LogP contribution in [0.2, 0.25) is 0 Å². The summed E-state index contributed by atoms with van der Waals surface area (Å²) in [5, 5.41) is 11.2. The minimum absolute atomic E-state index is 0. The van der Waals surface area contributed by atoms with Crippen molar-refractivity contribution in [1.82, 2.24) is 4.98 Å². The van der Waals surface area contributed by atoms with Crippen molar-refractivity contribution in [3.63, 3.8) is 0 Å². The molecule has 0 saturated carbocycles. The van der Waals surface area contributed by atoms with Gasteiger partial charge >= 0.3 is 0 Å². The van der Waals surface area contributed by atoms with Crippen molar-refractivity contribution >= 4 is 37.3 Å². The van der Waals surface area contributed by atoms with Gasteiger partial charge in [0, 0.05) is 52.9 Å². The molecular formula is C33H38IrNO2S-. The summed E-state index contributed by atoms with van der Waals surface area (Å²) in [6.07, 6.45) is 9.40. The van der Waals surface area contributed by atoms with E-state index in [-0.39, 0.29) is 37.1 Å². The maximum Gasteiger partial charge on any atom is 0.155 e. The fraction of sp³-hybridized carbons (Fsp3) is 0.394. The number of benzene rings is 2. The van der Waals surface area contributed by atoms with E-state index in [0.29, 0.717) is 0 Å². The molecule has 5 rings (SSSR count). The van der Waals surface area contributed by atoms with E-state index in [1.165, 1.54) is 76.9 Å².